The molecular formula is C31H41N5O7S2. The zero-order chi connectivity index (χ0) is 32.5. The van der Waals surface area contributed by atoms with Crippen molar-refractivity contribution in [1.82, 2.24) is 20.1 Å². The van der Waals surface area contributed by atoms with Gasteiger partial charge in [0.25, 0.3) is 0 Å². The van der Waals surface area contributed by atoms with Crippen molar-refractivity contribution in [2.24, 2.45) is 0 Å². The molecule has 2 fully saturated rings. The first-order valence-electron chi connectivity index (χ1n) is 15.2. The highest BCUT2D eigenvalue weighted by atomic mass is 32.2. The van der Waals surface area contributed by atoms with Crippen molar-refractivity contribution in [1.29, 1.82) is 0 Å². The van der Waals surface area contributed by atoms with Gasteiger partial charge in [-0.3, -0.25) is 0 Å². The van der Waals surface area contributed by atoms with Crippen LogP contribution in [0.5, 0.6) is 0 Å². The number of aliphatic hydroxyl groups excluding tert-OH is 1. The number of carbonyl (C=O) groups is 2. The first kappa shape index (κ1) is 32.9. The first-order valence-corrected chi connectivity index (χ1v) is 17.6. The van der Waals surface area contributed by atoms with E-state index in [2.05, 4.69) is 15.7 Å². The van der Waals surface area contributed by atoms with Crippen LogP contribution >= 0.6 is 11.3 Å². The van der Waals surface area contributed by atoms with Crippen LogP contribution in [0, 0.1) is 0 Å². The number of sulfone groups is 1. The van der Waals surface area contributed by atoms with E-state index in [0.717, 1.165) is 40.2 Å². The topological polar surface area (TPSA) is 162 Å². The van der Waals surface area contributed by atoms with Crippen LogP contribution in [0.3, 0.4) is 0 Å². The number of amides is 1. The monoisotopic (exact) mass is 659 g/mol. The van der Waals surface area contributed by atoms with E-state index < -0.39 is 39.5 Å². The number of alkyl carbamates (subject to hydrolysis) is 1. The van der Waals surface area contributed by atoms with Crippen LogP contribution < -0.4 is 10.6 Å². The Balaban J connectivity index is 1.35. The normalized spacial score (nSPS) is 18.9. The van der Waals surface area contributed by atoms with E-state index in [1.54, 1.807) is 45.2 Å². The molecule has 2 heterocycles. The summed E-state index contributed by atoms with van der Waals surface area (Å²) in [5.74, 6) is 0.489. The van der Waals surface area contributed by atoms with Gasteiger partial charge in [0.05, 0.1) is 38.4 Å². The van der Waals surface area contributed by atoms with Crippen LogP contribution in [0.2, 0.25) is 0 Å². The van der Waals surface area contributed by atoms with E-state index in [9.17, 15) is 23.1 Å². The molecule has 14 heteroatoms. The van der Waals surface area contributed by atoms with Gasteiger partial charge in [-0.25, -0.2) is 23.0 Å². The minimum atomic E-state index is -3.60. The van der Waals surface area contributed by atoms with Gasteiger partial charge in [-0.15, -0.1) is 16.4 Å². The molecular weight excluding hydrogens is 619 g/mol. The highest BCUT2D eigenvalue weighted by Crippen LogP contribution is 2.43. The molecule has 0 unspecified atom stereocenters. The third-order valence-corrected chi connectivity index (χ3v) is 11.1. The number of rotatable bonds is 9. The fourth-order valence-electron chi connectivity index (χ4n) is 5.30. The smallest absolute Gasteiger partial charge is 0.435 e. The molecule has 3 N–H and O–H groups in total. The second kappa shape index (κ2) is 13.1. The lowest BCUT2D eigenvalue weighted by Gasteiger charge is -2.28. The molecule has 2 aromatic heterocycles. The molecule has 1 amide bonds. The van der Waals surface area contributed by atoms with Crippen LogP contribution in [0.15, 0.2) is 35.4 Å². The first-order chi connectivity index (χ1) is 21.2. The number of nitrogens with one attached hydrogen (secondary N) is 2. The van der Waals surface area contributed by atoms with Crippen molar-refractivity contribution in [2.75, 3.05) is 5.32 Å². The molecule has 0 radical (unpaired) electrons. The number of hydrogen-bond acceptors (Lipinski definition) is 11. The number of nitrogens with zero attached hydrogens (tertiary/aromatic N) is 3. The fraction of sp³-hybridized carbons (Fsp3) is 0.548. The molecule has 1 aromatic carbocycles. The summed E-state index contributed by atoms with van der Waals surface area (Å²) in [6.45, 7) is 8.40. The predicted molar refractivity (Wildman–Crippen MR) is 171 cm³/mol. The Hall–Kier alpha value is -3.49. The number of benzene rings is 1. The molecule has 244 valence electrons. The number of aliphatic hydroxyl groups is 1. The quantitative estimate of drug-likeness (QED) is 0.244. The summed E-state index contributed by atoms with van der Waals surface area (Å²) in [7, 11) is -3.60. The lowest BCUT2D eigenvalue weighted by molar-refractivity contribution is 0.0501. The molecule has 0 spiro atoms. The van der Waals surface area contributed by atoms with Gasteiger partial charge in [0, 0.05) is 35.5 Å². The van der Waals surface area contributed by atoms with Crippen molar-refractivity contribution in [3.8, 4) is 10.4 Å². The summed E-state index contributed by atoms with van der Waals surface area (Å²) in [5.41, 5.74) is 0.550. The van der Waals surface area contributed by atoms with Crippen molar-refractivity contribution in [3.05, 3.63) is 41.2 Å². The lowest BCUT2D eigenvalue weighted by atomic mass is 9.86. The molecule has 45 heavy (non-hydrogen) atoms. The molecule has 0 atom stereocenters. The largest absolute Gasteiger partial charge is 0.447 e. The summed E-state index contributed by atoms with van der Waals surface area (Å²) in [5, 5.41) is 20.6. The van der Waals surface area contributed by atoms with E-state index in [1.165, 1.54) is 17.4 Å². The van der Waals surface area contributed by atoms with Crippen LogP contribution in [-0.2, 0) is 25.9 Å². The van der Waals surface area contributed by atoms with E-state index in [-0.39, 0.29) is 34.5 Å². The van der Waals surface area contributed by atoms with E-state index in [0.29, 0.717) is 24.1 Å². The van der Waals surface area contributed by atoms with Gasteiger partial charge in [0.1, 0.15) is 5.60 Å². The maximum atomic E-state index is 13.6. The van der Waals surface area contributed by atoms with Crippen molar-refractivity contribution in [2.45, 2.75) is 114 Å². The standard InChI is InChI=1S/C31H41N5O7S2/c1-18(2)42-29(38)34-20-8-6-19(7-9-20)28-32-16-25(44-28)24-13-10-21(14-26(24)45(40,41)23-11-12-23)33-27-15-22(17-37)36(35-27)30(39)43-31(3,4)5/h10,13-16,18-20,23,37H,6-9,11-12,17H2,1-5H3,(H,33,35)(H,34,38). The summed E-state index contributed by atoms with van der Waals surface area (Å²) in [4.78, 5) is 30.3. The number of hydrogen-bond donors (Lipinski definition) is 3. The van der Waals surface area contributed by atoms with Gasteiger partial charge in [0.15, 0.2) is 15.7 Å². The van der Waals surface area contributed by atoms with Crippen LogP contribution in [-0.4, -0.2) is 63.5 Å². The minimum Gasteiger partial charge on any atom is -0.447 e. The van der Waals surface area contributed by atoms with Gasteiger partial charge in [-0.05, 0) is 85.3 Å². The highest BCUT2D eigenvalue weighted by Gasteiger charge is 2.39. The second-order valence-electron chi connectivity index (χ2n) is 12.9. The maximum Gasteiger partial charge on any atom is 0.435 e. The van der Waals surface area contributed by atoms with Gasteiger partial charge < -0.3 is 25.2 Å². The number of anilines is 2. The zero-order valence-electron chi connectivity index (χ0n) is 26.2. The van der Waals surface area contributed by atoms with Gasteiger partial charge in [-0.2, -0.15) is 4.68 Å². The van der Waals surface area contributed by atoms with Crippen LogP contribution in [0.25, 0.3) is 10.4 Å². The Morgan fingerprint density at radius 1 is 1.11 bits per heavy atom. The van der Waals surface area contributed by atoms with Gasteiger partial charge >= 0.3 is 12.2 Å². The maximum absolute atomic E-state index is 13.6. The molecule has 3 aromatic rings. The van der Waals surface area contributed by atoms with E-state index in [4.69, 9.17) is 14.5 Å². The Morgan fingerprint density at radius 3 is 2.44 bits per heavy atom. The average molecular weight is 660 g/mol. The number of carbonyl (C=O) groups excluding carboxylic acids is 2. The van der Waals surface area contributed by atoms with E-state index in [1.807, 2.05) is 13.8 Å². The van der Waals surface area contributed by atoms with Crippen molar-refractivity contribution >= 4 is 44.9 Å². The average Bonchev–Trinajstić information content (AvgIpc) is 3.58. The third kappa shape index (κ3) is 8.03. The SMILES string of the molecule is CC(C)OC(=O)NC1CCC(c2ncc(-c3ccc(Nc4cc(CO)n(C(=O)OC(C)(C)C)n4)cc3S(=O)(=O)C3CC3)s2)CC1. The Labute approximate surface area is 267 Å². The molecule has 0 aliphatic heterocycles. The van der Waals surface area contributed by atoms with Gasteiger partial charge in [-0.1, -0.05) is 6.07 Å². The van der Waals surface area contributed by atoms with Crippen molar-refractivity contribution < 1.29 is 32.6 Å². The molecule has 2 aliphatic carbocycles. The molecule has 0 bridgehead atoms. The Morgan fingerprint density at radius 2 is 1.82 bits per heavy atom. The zero-order valence-corrected chi connectivity index (χ0v) is 27.8. The second-order valence-corrected chi connectivity index (χ2v) is 16.1. The summed E-state index contributed by atoms with van der Waals surface area (Å²) in [6.07, 6.45) is 5.05. The van der Waals surface area contributed by atoms with Crippen LogP contribution in [0.1, 0.15) is 89.8 Å². The number of thiazole rings is 1. The van der Waals surface area contributed by atoms with Crippen LogP contribution in [0.4, 0.5) is 21.1 Å². The summed E-state index contributed by atoms with van der Waals surface area (Å²) in [6, 6.07) is 6.71. The number of aromatic nitrogens is 3. The summed E-state index contributed by atoms with van der Waals surface area (Å²) >= 11 is 1.50. The Bertz CT molecular complexity index is 1650. The molecule has 0 saturated heterocycles. The highest BCUT2D eigenvalue weighted by molar-refractivity contribution is 7.92. The number of ether oxygens (including phenoxy) is 2. The molecule has 2 aliphatic rings. The molecule has 2 saturated carbocycles. The molecule has 5 rings (SSSR count). The predicted octanol–water partition coefficient (Wildman–Crippen LogP) is 6.12. The fourth-order valence-corrected chi connectivity index (χ4v) is 8.38. The van der Waals surface area contributed by atoms with Gasteiger partial charge in [0.2, 0.25) is 0 Å². The van der Waals surface area contributed by atoms with Crippen molar-refractivity contribution in [3.63, 3.8) is 0 Å². The lowest BCUT2D eigenvalue weighted by Crippen LogP contribution is -2.38. The van der Waals surface area contributed by atoms with E-state index >= 15 is 0 Å². The minimum absolute atomic E-state index is 0.0613. The Kier molecular flexibility index (Phi) is 9.57. The third-order valence-electron chi connectivity index (χ3n) is 7.57. The summed E-state index contributed by atoms with van der Waals surface area (Å²) < 4.78 is 38.8. The molecule has 12 nitrogen and oxygen atoms in total.